The zero-order chi connectivity index (χ0) is 27.1. The van der Waals surface area contributed by atoms with Gasteiger partial charge in [0.2, 0.25) is 5.95 Å². The molecule has 2 aromatic heterocycles. The molecule has 7 rings (SSSR count). The summed E-state index contributed by atoms with van der Waals surface area (Å²) in [6.07, 6.45) is 5.30. The molecule has 12 heteroatoms. The van der Waals surface area contributed by atoms with Crippen LogP contribution < -0.4 is 20.1 Å². The molecule has 208 valence electrons. The minimum Gasteiger partial charge on any atom is -0.485 e. The number of nitriles is 1. The molecule has 1 saturated carbocycles. The van der Waals surface area contributed by atoms with Crippen LogP contribution in [0.4, 0.5) is 17.5 Å². The van der Waals surface area contributed by atoms with Crippen molar-refractivity contribution in [2.45, 2.75) is 25.3 Å². The summed E-state index contributed by atoms with van der Waals surface area (Å²) in [5.41, 5.74) is 2.16. The van der Waals surface area contributed by atoms with Crippen LogP contribution in [0.25, 0.3) is 11.0 Å². The number of nitrogens with zero attached hydrogens (tertiary/aromatic N) is 5. The van der Waals surface area contributed by atoms with Crippen molar-refractivity contribution in [3.63, 3.8) is 0 Å². The Kier molecular flexibility index (Phi) is 6.53. The number of carbonyl (C=O) groups excluding carboxylic acids is 1. The van der Waals surface area contributed by atoms with Gasteiger partial charge in [0.1, 0.15) is 30.7 Å². The molecule has 12 nitrogen and oxygen atoms in total. The average Bonchev–Trinajstić information content (AvgIpc) is 3.35. The molecule has 0 unspecified atom stereocenters. The van der Waals surface area contributed by atoms with Crippen LogP contribution in [0.5, 0.6) is 11.5 Å². The summed E-state index contributed by atoms with van der Waals surface area (Å²) in [7, 11) is 0. The maximum absolute atomic E-state index is 13.5. The number of aromatic amines is 1. The Morgan fingerprint density at radius 2 is 1.90 bits per heavy atom. The van der Waals surface area contributed by atoms with E-state index in [0.29, 0.717) is 89.4 Å². The van der Waals surface area contributed by atoms with Gasteiger partial charge in [-0.05, 0) is 30.9 Å². The molecule has 0 atom stereocenters. The predicted octanol–water partition coefficient (Wildman–Crippen LogP) is 2.71. The molecule has 3 aliphatic heterocycles. The summed E-state index contributed by atoms with van der Waals surface area (Å²) in [6.45, 7) is 6.09. The fourth-order valence-electron chi connectivity index (χ4n) is 5.66. The first-order chi connectivity index (χ1) is 19.7. The molecule has 40 heavy (non-hydrogen) atoms. The summed E-state index contributed by atoms with van der Waals surface area (Å²) in [5.74, 6) is 2.42. The second kappa shape index (κ2) is 10.5. The second-order valence-corrected chi connectivity index (χ2v) is 10.8. The summed E-state index contributed by atoms with van der Waals surface area (Å²) in [5, 5.41) is 17.0. The first-order valence-corrected chi connectivity index (χ1v) is 14.0. The summed E-state index contributed by atoms with van der Waals surface area (Å²) in [4.78, 5) is 30.3. The maximum atomic E-state index is 13.5. The van der Waals surface area contributed by atoms with Gasteiger partial charge in [0.25, 0.3) is 5.91 Å². The number of aromatic nitrogens is 3. The van der Waals surface area contributed by atoms with E-state index in [1.807, 2.05) is 11.0 Å². The van der Waals surface area contributed by atoms with Crippen LogP contribution in [0.2, 0.25) is 0 Å². The predicted molar refractivity (Wildman–Crippen MR) is 147 cm³/mol. The Hall–Kier alpha value is -4.08. The Morgan fingerprint density at radius 1 is 1.10 bits per heavy atom. The van der Waals surface area contributed by atoms with Crippen molar-refractivity contribution in [3.8, 4) is 17.6 Å². The smallest absolute Gasteiger partial charge is 0.257 e. The quantitative estimate of drug-likeness (QED) is 0.407. The summed E-state index contributed by atoms with van der Waals surface area (Å²) < 4.78 is 17.3. The molecule has 0 bridgehead atoms. The lowest BCUT2D eigenvalue weighted by Crippen LogP contribution is -2.57. The van der Waals surface area contributed by atoms with Gasteiger partial charge < -0.3 is 34.7 Å². The van der Waals surface area contributed by atoms with Crippen LogP contribution in [0.1, 0.15) is 35.2 Å². The average molecular weight is 545 g/mol. The standard InChI is InChI=1S/C28H32N8O4/c29-12-18-14-31-26-22(18)25(30-13-17-2-1-3-17)33-28(34-26)32-21-5-4-20(23-24(21)40-11-10-39-23)27(37)36-8-6-35(7-9-36)19-15-38-16-19/h4-5,14,17,19H,1-3,6-11,13,15-16H2,(H3,30,31,32,33,34). The largest absolute Gasteiger partial charge is 0.485 e. The molecular formula is C28H32N8O4. The number of benzene rings is 1. The monoisotopic (exact) mass is 544 g/mol. The van der Waals surface area contributed by atoms with Crippen molar-refractivity contribution in [3.05, 3.63) is 29.5 Å². The summed E-state index contributed by atoms with van der Waals surface area (Å²) >= 11 is 0. The van der Waals surface area contributed by atoms with Crippen LogP contribution in [0, 0.1) is 17.2 Å². The van der Waals surface area contributed by atoms with E-state index in [-0.39, 0.29) is 5.91 Å². The molecule has 2 saturated heterocycles. The number of carbonyl (C=O) groups is 1. The molecule has 3 fully saturated rings. The third-order valence-electron chi connectivity index (χ3n) is 8.34. The number of fused-ring (bicyclic) bond motifs is 2. The van der Waals surface area contributed by atoms with Crippen molar-refractivity contribution in [1.29, 1.82) is 5.26 Å². The fraction of sp³-hybridized carbons (Fsp3) is 0.500. The lowest BCUT2D eigenvalue weighted by molar-refractivity contribution is -0.0746. The number of amides is 1. The number of nitrogens with one attached hydrogen (secondary N) is 3. The topological polar surface area (TPSA) is 141 Å². The van der Waals surface area contributed by atoms with Crippen molar-refractivity contribution < 1.29 is 19.0 Å². The van der Waals surface area contributed by atoms with Crippen molar-refractivity contribution in [1.82, 2.24) is 24.8 Å². The lowest BCUT2D eigenvalue weighted by atomic mass is 9.85. The van der Waals surface area contributed by atoms with E-state index in [0.717, 1.165) is 32.8 Å². The first-order valence-electron chi connectivity index (χ1n) is 14.0. The van der Waals surface area contributed by atoms with Crippen molar-refractivity contribution >= 4 is 34.4 Å². The number of piperazine rings is 1. The maximum Gasteiger partial charge on any atom is 0.257 e. The Morgan fingerprint density at radius 3 is 2.60 bits per heavy atom. The number of hydrogen-bond acceptors (Lipinski definition) is 10. The van der Waals surface area contributed by atoms with Gasteiger partial charge in [0.15, 0.2) is 11.5 Å². The third-order valence-corrected chi connectivity index (χ3v) is 8.34. The molecule has 1 aliphatic carbocycles. The zero-order valence-electron chi connectivity index (χ0n) is 22.2. The van der Waals surface area contributed by atoms with E-state index >= 15 is 0 Å². The highest BCUT2D eigenvalue weighted by atomic mass is 16.6. The molecule has 3 aromatic rings. The van der Waals surface area contributed by atoms with Gasteiger partial charge in [-0.2, -0.15) is 15.2 Å². The van der Waals surface area contributed by atoms with Gasteiger partial charge in [-0.15, -0.1) is 0 Å². The Bertz CT molecular complexity index is 1470. The van der Waals surface area contributed by atoms with E-state index in [4.69, 9.17) is 19.2 Å². The molecule has 4 aliphatic rings. The number of ether oxygens (including phenoxy) is 3. The number of hydrogen-bond donors (Lipinski definition) is 3. The molecule has 5 heterocycles. The summed E-state index contributed by atoms with van der Waals surface area (Å²) in [6, 6.07) is 6.28. The van der Waals surface area contributed by atoms with E-state index in [1.54, 1.807) is 12.3 Å². The van der Waals surface area contributed by atoms with Crippen LogP contribution >= 0.6 is 0 Å². The van der Waals surface area contributed by atoms with Gasteiger partial charge in [-0.3, -0.25) is 9.69 Å². The SMILES string of the molecule is N#Cc1c[nH]c2nc(Nc3ccc(C(=O)N4CCN(C5COC5)CC4)c4c3OCCO4)nc(NCC3CCC3)c12. The van der Waals surface area contributed by atoms with Gasteiger partial charge in [0, 0.05) is 38.9 Å². The number of rotatable bonds is 7. The minimum atomic E-state index is -0.0617. The molecule has 0 radical (unpaired) electrons. The van der Waals surface area contributed by atoms with E-state index < -0.39 is 0 Å². The van der Waals surface area contributed by atoms with Crippen molar-refractivity contribution in [2.75, 3.05) is 69.8 Å². The Balaban J connectivity index is 1.14. The van der Waals surface area contributed by atoms with Crippen LogP contribution in [-0.2, 0) is 4.74 Å². The van der Waals surface area contributed by atoms with Gasteiger partial charge in [0.05, 0.1) is 41.5 Å². The second-order valence-electron chi connectivity index (χ2n) is 10.8. The minimum absolute atomic E-state index is 0.0617. The number of H-pyrrole nitrogens is 1. The third kappa shape index (κ3) is 4.55. The highest BCUT2D eigenvalue weighted by molar-refractivity contribution is 5.99. The molecular weight excluding hydrogens is 512 g/mol. The fourth-order valence-corrected chi connectivity index (χ4v) is 5.66. The van der Waals surface area contributed by atoms with Crippen LogP contribution in [-0.4, -0.2) is 95.9 Å². The highest BCUT2D eigenvalue weighted by Crippen LogP contribution is 2.42. The number of anilines is 3. The van der Waals surface area contributed by atoms with E-state index in [9.17, 15) is 10.1 Å². The highest BCUT2D eigenvalue weighted by Gasteiger charge is 2.33. The zero-order valence-corrected chi connectivity index (χ0v) is 22.2. The molecule has 1 amide bonds. The van der Waals surface area contributed by atoms with Gasteiger partial charge in [-0.25, -0.2) is 0 Å². The first kappa shape index (κ1) is 24.9. The van der Waals surface area contributed by atoms with Gasteiger partial charge >= 0.3 is 0 Å². The van der Waals surface area contributed by atoms with Gasteiger partial charge in [-0.1, -0.05) is 6.42 Å². The molecule has 3 N–H and O–H groups in total. The van der Waals surface area contributed by atoms with E-state index in [2.05, 4.69) is 31.6 Å². The van der Waals surface area contributed by atoms with E-state index in [1.165, 1.54) is 19.3 Å². The molecule has 0 spiro atoms. The Labute approximate surface area is 231 Å². The van der Waals surface area contributed by atoms with Crippen molar-refractivity contribution in [2.24, 2.45) is 5.92 Å². The lowest BCUT2D eigenvalue weighted by Gasteiger charge is -2.42. The normalized spacial score (nSPS) is 19.5. The molecule has 1 aromatic carbocycles. The van der Waals surface area contributed by atoms with Crippen LogP contribution in [0.15, 0.2) is 18.3 Å². The van der Waals surface area contributed by atoms with Crippen LogP contribution in [0.3, 0.4) is 0 Å².